The molecule has 8 saturated heterocycles. The van der Waals surface area contributed by atoms with Gasteiger partial charge in [-0.15, -0.1) is 0 Å². The topological polar surface area (TPSA) is 737 Å². The summed E-state index contributed by atoms with van der Waals surface area (Å²) in [6, 6.07) is -4.04. The summed E-state index contributed by atoms with van der Waals surface area (Å²) in [6.07, 6.45) is -61.1. The van der Waals surface area contributed by atoms with Gasteiger partial charge in [0.25, 0.3) is 5.91 Å². The molecule has 146 heavy (non-hydrogen) atoms. The highest BCUT2D eigenvalue weighted by atomic mass is 35.5. The summed E-state index contributed by atoms with van der Waals surface area (Å²) < 4.78 is 103. The Morgan fingerprint density at radius 3 is 1.75 bits per heavy atom. The lowest BCUT2D eigenvalue weighted by molar-refractivity contribution is -0.407. The predicted octanol–water partition coefficient (Wildman–Crippen LogP) is -1.89. The highest BCUT2D eigenvalue weighted by molar-refractivity contribution is 6.49. The third-order valence-electron chi connectivity index (χ3n) is 31.1. The normalized spacial score (nSPS) is 45.2. The van der Waals surface area contributed by atoms with Crippen LogP contribution < -0.4 is 16.8 Å². The molecule has 0 radical (unpaired) electrons. The zero-order valence-corrected chi connectivity index (χ0v) is 86.7. The van der Waals surface area contributed by atoms with Crippen molar-refractivity contribution >= 4 is 58.6 Å². The minimum Gasteiger partial charge on any atom is -0.479 e. The third-order valence-corrected chi connectivity index (χ3v) is 32.4. The molecule has 53 atom stereocenters. The number of fused-ring (bicyclic) bond motifs is 3. The lowest BCUT2D eigenvalue weighted by Gasteiger charge is -2.52. The lowest BCUT2D eigenvalue weighted by Crippen LogP contribution is -2.67. The van der Waals surface area contributed by atoms with Crippen molar-refractivity contribution in [3.8, 4) is 0 Å². The van der Waals surface area contributed by atoms with Crippen LogP contribution in [0.15, 0.2) is 35.7 Å². The van der Waals surface area contributed by atoms with Crippen molar-refractivity contribution < 1.29 is 207 Å². The number of epoxide rings is 1. The number of aliphatic hydroxyl groups is 20. The zero-order chi connectivity index (χ0) is 108. The van der Waals surface area contributed by atoms with Gasteiger partial charge < -0.3 is 204 Å². The summed E-state index contributed by atoms with van der Waals surface area (Å²) in [5.74, 6) is -14.3. The van der Waals surface area contributed by atoms with Crippen molar-refractivity contribution in [2.24, 2.45) is 59.9 Å². The molecule has 1 aromatic rings. The number of carboxylic acids is 1. The third kappa shape index (κ3) is 29.0. The Bertz CT molecular complexity index is 4420. The van der Waals surface area contributed by atoms with E-state index in [2.05, 4.69) is 5.32 Å². The van der Waals surface area contributed by atoms with Gasteiger partial charge in [0.2, 0.25) is 0 Å². The average molecular weight is 2160 g/mol. The molecule has 0 spiro atoms. The van der Waals surface area contributed by atoms with E-state index in [0.29, 0.717) is 0 Å². The molecule has 50 heteroatoms. The Morgan fingerprint density at radius 1 is 0.527 bits per heavy atom. The van der Waals surface area contributed by atoms with Crippen LogP contribution in [0.25, 0.3) is 0 Å². The van der Waals surface area contributed by atoms with Gasteiger partial charge in [0.1, 0.15) is 96.3 Å². The quantitative estimate of drug-likeness (QED) is 0.0421. The molecule has 11 heterocycles. The van der Waals surface area contributed by atoms with Crippen LogP contribution in [0, 0.1) is 41.4 Å². The first-order valence-corrected chi connectivity index (χ1v) is 51.5. The van der Waals surface area contributed by atoms with E-state index in [-0.39, 0.29) is 90.2 Å². The number of carbonyl (C=O) groups excluding carboxylic acids is 3. The maximum absolute atomic E-state index is 14.3. The smallest absolute Gasteiger partial charge is 0.340 e. The van der Waals surface area contributed by atoms with Crippen LogP contribution in [0.2, 0.25) is 15.2 Å². The molecule has 1 amide bonds. The fourth-order valence-corrected chi connectivity index (χ4v) is 21.7. The van der Waals surface area contributed by atoms with Gasteiger partial charge in [-0.05, 0) is 118 Å². The van der Waals surface area contributed by atoms with Crippen LogP contribution in [-0.2, 0) is 97.2 Å². The summed E-state index contributed by atoms with van der Waals surface area (Å²) in [6.45, 7) is 21.4. The van der Waals surface area contributed by atoms with Gasteiger partial charge in [-0.2, -0.15) is 0 Å². The first kappa shape index (κ1) is 122. The van der Waals surface area contributed by atoms with Crippen LogP contribution in [0.3, 0.4) is 0 Å². The molecule has 1 aromatic heterocycles. The maximum Gasteiger partial charge on any atom is 0.340 e. The SMILES string of the molecule is C[C@@H]([C@@H](O)[C@@H](C)[C@H]1OC(=O)C=CC[C@H](O)C[C@H](O)C[C@@H](O)CC[C@H](C)[C@H](O[C@@H]2O[C@H](C)[C@@H](O[C@@H]3O[C@H](C)[C@@H](O)[C@H](O[C@@H]4C[C@@H](O)[C@H](O)[C@@H](C)O4)[C@H]3O)[C@H](O[C@H]3C[C@@H](O)[C@H](N)[C@@H](C)O3)[C@@H]2O[C@@H]2O[C@H](C)[C@@H](O)[C@H](O)[C@H]2O)C[C@]2(O)O[C@@H](C[C@H](O)[C@H]2O)[C@@H](C)[C@H](O)C[C@H](O)[C@H](C)[C@@H](O)CCC[C@@H](O)[C@@H]2O[C@@H]2[C@H]1C)[C@@H](O)[C@H](C)[C@@H](C)O[C@H]1C[C@@H](OC(=O)C2=C(N)C(C(=O)O)N(O)C=C2)[C@@H](NC(=O)c2c(Cl)c(Cl)c(Cl)n2C)[C@@H](C)O1. The van der Waals surface area contributed by atoms with E-state index in [4.69, 9.17) is 122 Å². The molecule has 838 valence electrons. The molecule has 0 aliphatic carbocycles. The second kappa shape index (κ2) is 52.3. The number of nitrogens with one attached hydrogen (secondary N) is 1. The second-order valence-corrected chi connectivity index (χ2v) is 43.0. The number of ether oxygens (including phenoxy) is 16. The average Bonchev–Trinajstić information content (AvgIpc) is 1.13. The number of esters is 2. The van der Waals surface area contributed by atoms with Crippen LogP contribution in [0.4, 0.5) is 0 Å². The molecule has 11 rings (SSSR count). The van der Waals surface area contributed by atoms with Gasteiger partial charge in [-0.1, -0.05) is 89.3 Å². The first-order chi connectivity index (χ1) is 68.3. The van der Waals surface area contributed by atoms with E-state index in [1.54, 1.807) is 48.5 Å². The van der Waals surface area contributed by atoms with E-state index in [1.807, 2.05) is 0 Å². The minimum atomic E-state index is -2.87. The minimum absolute atomic E-state index is 0.00496. The molecule has 10 aliphatic rings. The molecule has 0 aromatic carbocycles. The number of carbonyl (C=O) groups is 4. The number of nitrogens with two attached hydrogens (primary N) is 2. The molecule has 2 bridgehead atoms. The van der Waals surface area contributed by atoms with Crippen molar-refractivity contribution in [1.82, 2.24) is 14.9 Å². The number of hydrogen-bond donors (Lipinski definition) is 25. The number of nitrogens with zero attached hydrogens (tertiary/aromatic N) is 2. The molecule has 10 aliphatic heterocycles. The van der Waals surface area contributed by atoms with Gasteiger partial charge in [-0.3, -0.25) is 10.0 Å². The Kier molecular flexibility index (Phi) is 43.6. The van der Waals surface area contributed by atoms with Crippen molar-refractivity contribution in [2.75, 3.05) is 0 Å². The van der Waals surface area contributed by atoms with Crippen LogP contribution >= 0.6 is 34.8 Å². The van der Waals surface area contributed by atoms with Gasteiger partial charge in [0.05, 0.1) is 168 Å². The summed E-state index contributed by atoms with van der Waals surface area (Å²) >= 11 is 19.1. The monoisotopic (exact) mass is 2160 g/mol. The van der Waals surface area contributed by atoms with Gasteiger partial charge >= 0.3 is 17.9 Å². The highest BCUT2D eigenvalue weighted by Crippen LogP contribution is 2.47. The molecule has 8 fully saturated rings. The number of carboxylic acid groups (broad SMARTS) is 1. The molecule has 1 unspecified atom stereocenters. The Morgan fingerprint density at radius 2 is 1.12 bits per heavy atom. The fraction of sp³-hybridized carbons (Fsp3) is 0.854. The van der Waals surface area contributed by atoms with E-state index >= 15 is 0 Å². The standard InChI is InChI=1S/C96H156Cl3N5O42/c1-34-22-23-49(106)27-50(107)26-48(105)18-16-21-62(115)140-81(39(6)74(117)38(5)73(116)35(2)41(8)131-65-32-60(138-92(128)51-24-25-104(130)72(69(51)101)91(126)127)70(43(10)133-65)102-90(125)71-66(97)67(98)89(99)103(71)15)40(7)82-84(143-82)53(109)20-17-19-52(108)36(3)54(110)28-55(111)37(4)59-29-58(114)88(124)96(129,146-59)33-61(34)139-95-87(145-93-79(122)78(121)76(119)45(12)135-93)86(142-63-30-56(112)68(100)42(9)132-63)83(47(14)137-95)144-94-80(123)85(77(120)46(13)136-94)141-64-31-57(113)75(118)44(11)134-64/h16,21,24-25,34-50,52-61,63-65,68,70,72-88,93-95,105-114,116-124,129-130H,17-20,22-23,26-33,100-101H2,1-15H3,(H,102,125)(H,126,127)/t34-,35+,36+,37-,38+,39+,40-,41+,42+,43+,44+,45+,46+,47+,48-,49-,50-,52-,53+,54-,55+,56+,57+,58-,59-,60+,61+,63-,64+,65+,68+,70-,72?,73-,74+,75+,76+,77+,78-,79+,80+,81+,82+,83+,84-,85-,86-,87-,88+,93-,94-,95-,96-/m0/s1. The number of cyclic esters (lactones) is 1. The van der Waals surface area contributed by atoms with Gasteiger partial charge in [-0.25, -0.2) is 19.4 Å². The number of aliphatic hydroxyl groups excluding tert-OH is 19. The molecule has 0 saturated carbocycles. The van der Waals surface area contributed by atoms with E-state index < -0.39 is 384 Å². The van der Waals surface area contributed by atoms with E-state index in [1.165, 1.54) is 66.2 Å². The Hall–Kier alpha value is -4.59. The number of halogens is 3. The number of hydroxylamine groups is 2. The number of aromatic nitrogens is 1. The predicted molar refractivity (Wildman–Crippen MR) is 506 cm³/mol. The Labute approximate surface area is 861 Å². The Balaban J connectivity index is 0.828. The van der Waals surface area contributed by atoms with E-state index in [9.17, 15) is 132 Å². The largest absolute Gasteiger partial charge is 0.479 e. The number of amides is 1. The van der Waals surface area contributed by atoms with Gasteiger partial charge in [0.15, 0.2) is 49.6 Å². The fourth-order valence-electron chi connectivity index (χ4n) is 21.0. The molecular formula is C96H156Cl3N5O42. The molecular weight excluding hydrogens is 2000 g/mol. The number of hydrogen-bond acceptors (Lipinski definition) is 44. The summed E-state index contributed by atoms with van der Waals surface area (Å²) in [5.41, 5.74) is 11.3. The van der Waals surface area contributed by atoms with Crippen LogP contribution in [0.1, 0.15) is 197 Å². The first-order valence-electron chi connectivity index (χ1n) is 50.4. The number of aliphatic carboxylic acids is 1. The summed E-state index contributed by atoms with van der Waals surface area (Å²) in [5, 5.41) is 258. The second-order valence-electron chi connectivity index (χ2n) is 41.9. The highest BCUT2D eigenvalue weighted by Gasteiger charge is 2.60. The summed E-state index contributed by atoms with van der Waals surface area (Å²) in [7, 11) is 1.43. The number of rotatable bonds is 23. The van der Waals surface area contributed by atoms with Crippen molar-refractivity contribution in [3.05, 3.63) is 56.6 Å². The van der Waals surface area contributed by atoms with Crippen LogP contribution in [-0.4, -0.2) is 427 Å². The van der Waals surface area contributed by atoms with E-state index in [0.717, 1.165) is 18.4 Å². The molecule has 47 nitrogen and oxygen atoms in total. The van der Waals surface area contributed by atoms with Crippen molar-refractivity contribution in [2.45, 2.75) is 468 Å². The zero-order valence-electron chi connectivity index (χ0n) is 84.4. The molecule has 27 N–H and O–H groups in total. The van der Waals surface area contributed by atoms with Gasteiger partial charge in [0, 0.05) is 86.9 Å². The summed E-state index contributed by atoms with van der Waals surface area (Å²) in [4.78, 5) is 54.5. The van der Waals surface area contributed by atoms with Crippen molar-refractivity contribution in [3.63, 3.8) is 0 Å². The van der Waals surface area contributed by atoms with Crippen LogP contribution in [0.5, 0.6) is 0 Å². The van der Waals surface area contributed by atoms with Crippen molar-refractivity contribution in [1.29, 1.82) is 0 Å². The maximum atomic E-state index is 14.3. The lowest BCUT2D eigenvalue weighted by atomic mass is 9.77.